The van der Waals surface area contributed by atoms with E-state index in [1.54, 1.807) is 24.3 Å². The zero-order valence-electron chi connectivity index (χ0n) is 16.9. The first-order valence-corrected chi connectivity index (χ1v) is 11.3. The van der Waals surface area contributed by atoms with E-state index in [4.69, 9.17) is 20.8 Å². The van der Waals surface area contributed by atoms with Crippen LogP contribution in [-0.4, -0.2) is 46.5 Å². The number of amides is 3. The summed E-state index contributed by atoms with van der Waals surface area (Å²) in [5.41, 5.74) is 0.698. The summed E-state index contributed by atoms with van der Waals surface area (Å²) < 4.78 is 10.4. The van der Waals surface area contributed by atoms with Gasteiger partial charge in [-0.1, -0.05) is 43.1 Å². The van der Waals surface area contributed by atoms with Gasteiger partial charge in [-0.2, -0.15) is 0 Å². The van der Waals surface area contributed by atoms with Crippen LogP contribution < -0.4 is 10.6 Å². The molecule has 0 bridgehead atoms. The predicted octanol–water partition coefficient (Wildman–Crippen LogP) is 3.43. The van der Waals surface area contributed by atoms with Gasteiger partial charge in [-0.3, -0.25) is 14.9 Å². The third-order valence-corrected chi connectivity index (χ3v) is 5.90. The fourth-order valence-corrected chi connectivity index (χ4v) is 3.87. The zero-order valence-corrected chi connectivity index (χ0v) is 18.5. The van der Waals surface area contributed by atoms with Gasteiger partial charge in [-0.15, -0.1) is 10.2 Å². The fraction of sp³-hybridized carbons (Fsp3) is 0.450. The van der Waals surface area contributed by atoms with Crippen molar-refractivity contribution in [1.82, 2.24) is 20.8 Å². The smallest absolute Gasteiger partial charge is 0.321 e. The lowest BCUT2D eigenvalue weighted by Crippen LogP contribution is -2.48. The molecule has 1 aliphatic rings. The van der Waals surface area contributed by atoms with Crippen LogP contribution in [0.25, 0.3) is 11.5 Å². The molecule has 3 rings (SSSR count). The average molecular weight is 467 g/mol. The molecule has 166 valence electrons. The molecule has 3 amide bonds. The summed E-state index contributed by atoms with van der Waals surface area (Å²) in [5.74, 6) is -0.796. The highest BCUT2D eigenvalue weighted by Gasteiger charge is 2.23. The van der Waals surface area contributed by atoms with E-state index < -0.39 is 24.5 Å². The van der Waals surface area contributed by atoms with Crippen molar-refractivity contribution in [3.63, 3.8) is 0 Å². The molecule has 0 spiro atoms. The molecule has 9 nitrogen and oxygen atoms in total. The Morgan fingerprint density at radius 1 is 1.19 bits per heavy atom. The minimum Gasteiger partial charge on any atom is -0.455 e. The Morgan fingerprint density at radius 3 is 2.68 bits per heavy atom. The molecule has 0 saturated heterocycles. The van der Waals surface area contributed by atoms with Crippen LogP contribution in [0.15, 0.2) is 33.9 Å². The first kappa shape index (κ1) is 23.1. The molecule has 1 fully saturated rings. The third kappa shape index (κ3) is 7.25. The molecular formula is C20H23ClN4O5S. The lowest BCUT2D eigenvalue weighted by molar-refractivity contribution is -0.145. The van der Waals surface area contributed by atoms with Crippen molar-refractivity contribution < 1.29 is 23.5 Å². The molecule has 2 aromatic rings. The lowest BCUT2D eigenvalue weighted by atomic mass is 9.86. The maximum atomic E-state index is 11.9. The van der Waals surface area contributed by atoms with Crippen LogP contribution >= 0.6 is 23.4 Å². The van der Waals surface area contributed by atoms with Gasteiger partial charge in [0.25, 0.3) is 11.1 Å². The Hall–Kier alpha value is -2.59. The third-order valence-electron chi connectivity index (χ3n) is 4.86. The SMILES string of the molecule is C[C@@H]1CCCC[C@H]1NC(=O)NC(=O)COC(=O)CSc1nnc(-c2ccc(Cl)cc2)o1. The molecule has 2 atom stereocenters. The number of hydrogen-bond donors (Lipinski definition) is 2. The van der Waals surface area contributed by atoms with Gasteiger partial charge in [0.2, 0.25) is 5.89 Å². The van der Waals surface area contributed by atoms with Crippen LogP contribution in [0.1, 0.15) is 32.6 Å². The van der Waals surface area contributed by atoms with E-state index in [2.05, 4.69) is 27.8 Å². The molecule has 1 aromatic carbocycles. The number of hydrogen-bond acceptors (Lipinski definition) is 8. The van der Waals surface area contributed by atoms with Crippen LogP contribution in [0.4, 0.5) is 4.79 Å². The lowest BCUT2D eigenvalue weighted by Gasteiger charge is -2.29. The number of rotatable bonds is 7. The molecular weight excluding hydrogens is 444 g/mol. The number of nitrogens with one attached hydrogen (secondary N) is 2. The summed E-state index contributed by atoms with van der Waals surface area (Å²) in [6.07, 6.45) is 4.15. The second-order valence-electron chi connectivity index (χ2n) is 7.22. The minimum atomic E-state index is -0.692. The van der Waals surface area contributed by atoms with E-state index in [-0.39, 0.29) is 17.0 Å². The van der Waals surface area contributed by atoms with Crippen molar-refractivity contribution in [2.75, 3.05) is 12.4 Å². The maximum absolute atomic E-state index is 11.9. The zero-order chi connectivity index (χ0) is 22.2. The maximum Gasteiger partial charge on any atom is 0.321 e. The predicted molar refractivity (Wildman–Crippen MR) is 115 cm³/mol. The highest BCUT2D eigenvalue weighted by molar-refractivity contribution is 7.99. The highest BCUT2D eigenvalue weighted by Crippen LogP contribution is 2.25. The fourth-order valence-electron chi connectivity index (χ4n) is 3.18. The largest absolute Gasteiger partial charge is 0.455 e. The van der Waals surface area contributed by atoms with Gasteiger partial charge in [0.1, 0.15) is 5.75 Å². The second kappa shape index (κ2) is 11.1. The summed E-state index contributed by atoms with van der Waals surface area (Å²) in [7, 11) is 0. The highest BCUT2D eigenvalue weighted by atomic mass is 35.5. The van der Waals surface area contributed by atoms with Gasteiger partial charge >= 0.3 is 12.0 Å². The normalized spacial score (nSPS) is 18.3. The number of halogens is 1. The number of imide groups is 1. The van der Waals surface area contributed by atoms with Crippen LogP contribution in [0.2, 0.25) is 5.02 Å². The minimum absolute atomic E-state index is 0.0488. The Labute approximate surface area is 188 Å². The van der Waals surface area contributed by atoms with E-state index in [1.165, 1.54) is 0 Å². The molecule has 1 aromatic heterocycles. The first-order valence-electron chi connectivity index (χ1n) is 9.89. The Bertz CT molecular complexity index is 921. The van der Waals surface area contributed by atoms with Crippen molar-refractivity contribution in [1.29, 1.82) is 0 Å². The van der Waals surface area contributed by atoms with Crippen molar-refractivity contribution in [2.24, 2.45) is 5.92 Å². The average Bonchev–Trinajstić information content (AvgIpc) is 3.22. The van der Waals surface area contributed by atoms with Gasteiger partial charge in [0, 0.05) is 16.6 Å². The number of carbonyl (C=O) groups is 3. The number of ether oxygens (including phenoxy) is 1. The Balaban J connectivity index is 1.35. The first-order chi connectivity index (χ1) is 14.9. The number of benzene rings is 1. The standard InChI is InChI=1S/C20H23ClN4O5S/c1-12-4-2-3-5-15(12)22-19(28)23-16(26)10-29-17(27)11-31-20-25-24-18(30-20)13-6-8-14(21)9-7-13/h6-9,12,15H,2-5,10-11H2,1H3,(H2,22,23,26,28)/t12-,15-/m1/s1. The number of nitrogens with zero attached hydrogens (tertiary/aromatic N) is 2. The van der Waals surface area contributed by atoms with E-state index in [0.29, 0.717) is 22.4 Å². The van der Waals surface area contributed by atoms with Gasteiger partial charge in [0.15, 0.2) is 6.61 Å². The van der Waals surface area contributed by atoms with Crippen LogP contribution in [0, 0.1) is 5.92 Å². The summed E-state index contributed by atoms with van der Waals surface area (Å²) in [6, 6.07) is 6.35. The number of esters is 1. The second-order valence-corrected chi connectivity index (χ2v) is 8.58. The number of aromatic nitrogens is 2. The molecule has 1 heterocycles. The van der Waals surface area contributed by atoms with Crippen LogP contribution in [0.5, 0.6) is 0 Å². The molecule has 0 unspecified atom stereocenters. The molecule has 2 N–H and O–H groups in total. The summed E-state index contributed by atoms with van der Waals surface area (Å²) in [5, 5.41) is 13.5. The van der Waals surface area contributed by atoms with Crippen LogP contribution in [-0.2, 0) is 14.3 Å². The van der Waals surface area contributed by atoms with Crippen molar-refractivity contribution in [3.05, 3.63) is 29.3 Å². The Morgan fingerprint density at radius 2 is 1.94 bits per heavy atom. The quantitative estimate of drug-likeness (QED) is 0.470. The van der Waals surface area contributed by atoms with Gasteiger partial charge in [-0.05, 0) is 43.0 Å². The number of thioether (sulfide) groups is 1. The van der Waals surface area contributed by atoms with Crippen LogP contribution in [0.3, 0.4) is 0 Å². The van der Waals surface area contributed by atoms with E-state index >= 15 is 0 Å². The molecule has 1 saturated carbocycles. The van der Waals surface area contributed by atoms with Crippen molar-refractivity contribution in [2.45, 2.75) is 43.9 Å². The molecule has 11 heteroatoms. The summed E-state index contributed by atoms with van der Waals surface area (Å²) in [4.78, 5) is 35.6. The number of urea groups is 1. The van der Waals surface area contributed by atoms with Gasteiger partial charge in [0.05, 0.1) is 0 Å². The monoisotopic (exact) mass is 466 g/mol. The van der Waals surface area contributed by atoms with Crippen molar-refractivity contribution >= 4 is 41.3 Å². The molecule has 0 aliphatic heterocycles. The van der Waals surface area contributed by atoms with E-state index in [0.717, 1.165) is 37.4 Å². The van der Waals surface area contributed by atoms with Gasteiger partial charge < -0.3 is 14.5 Å². The van der Waals surface area contributed by atoms with Crippen molar-refractivity contribution in [3.8, 4) is 11.5 Å². The summed E-state index contributed by atoms with van der Waals surface area (Å²) in [6.45, 7) is 1.53. The van der Waals surface area contributed by atoms with Gasteiger partial charge in [-0.25, -0.2) is 4.79 Å². The summed E-state index contributed by atoms with van der Waals surface area (Å²) >= 11 is 6.83. The molecule has 1 aliphatic carbocycles. The Kier molecular flexibility index (Phi) is 8.30. The topological polar surface area (TPSA) is 123 Å². The molecule has 31 heavy (non-hydrogen) atoms. The van der Waals surface area contributed by atoms with E-state index in [1.807, 2.05) is 0 Å². The molecule has 0 radical (unpaired) electrons. The number of carbonyl (C=O) groups excluding carboxylic acids is 3. The van der Waals surface area contributed by atoms with E-state index in [9.17, 15) is 14.4 Å².